The van der Waals surface area contributed by atoms with Gasteiger partial charge in [0.1, 0.15) is 5.75 Å². The average molecular weight is 367 g/mol. The molecule has 27 heavy (non-hydrogen) atoms. The van der Waals surface area contributed by atoms with Gasteiger partial charge in [-0.25, -0.2) is 0 Å². The van der Waals surface area contributed by atoms with E-state index in [0.717, 1.165) is 30.0 Å². The summed E-state index contributed by atoms with van der Waals surface area (Å²) in [6.45, 7) is 8.63. The minimum Gasteiger partial charge on any atom is -0.481 e. The van der Waals surface area contributed by atoms with Crippen LogP contribution in [0.1, 0.15) is 42.9 Å². The van der Waals surface area contributed by atoms with E-state index in [0.29, 0.717) is 6.54 Å². The number of carbonyl (C=O) groups is 1. The summed E-state index contributed by atoms with van der Waals surface area (Å²) in [6.07, 6.45) is 3.36. The van der Waals surface area contributed by atoms with E-state index in [2.05, 4.69) is 40.5 Å². The highest BCUT2D eigenvalue weighted by Crippen LogP contribution is 2.21. The second-order valence-corrected chi connectivity index (χ2v) is 7.46. The number of nitrogens with one attached hydrogen (secondary N) is 1. The van der Waals surface area contributed by atoms with Crippen LogP contribution < -0.4 is 15.0 Å². The highest BCUT2D eigenvalue weighted by molar-refractivity contribution is 5.80. The smallest absolute Gasteiger partial charge is 0.261 e. The Morgan fingerprint density at radius 3 is 2.44 bits per heavy atom. The van der Waals surface area contributed by atoms with Gasteiger partial charge in [-0.2, -0.15) is 0 Å². The second-order valence-electron chi connectivity index (χ2n) is 7.46. The Balaban J connectivity index is 1.50. The van der Waals surface area contributed by atoms with Gasteiger partial charge >= 0.3 is 0 Å². The Morgan fingerprint density at radius 2 is 1.78 bits per heavy atom. The zero-order valence-corrected chi connectivity index (χ0v) is 16.6. The van der Waals surface area contributed by atoms with Crippen LogP contribution in [0, 0.1) is 13.8 Å². The lowest BCUT2D eigenvalue weighted by Gasteiger charge is -2.28. The Bertz CT molecular complexity index is 764. The molecule has 1 saturated heterocycles. The number of hydrogen-bond donors (Lipinski definition) is 1. The topological polar surface area (TPSA) is 41.6 Å². The molecule has 1 aliphatic rings. The van der Waals surface area contributed by atoms with Crippen LogP contribution in [0.15, 0.2) is 42.5 Å². The van der Waals surface area contributed by atoms with Crippen LogP contribution in [0.3, 0.4) is 0 Å². The van der Waals surface area contributed by atoms with Crippen LogP contribution in [0.2, 0.25) is 0 Å². The largest absolute Gasteiger partial charge is 0.481 e. The Hall–Kier alpha value is -2.49. The van der Waals surface area contributed by atoms with Gasteiger partial charge in [0.25, 0.3) is 5.91 Å². The maximum atomic E-state index is 12.4. The van der Waals surface area contributed by atoms with Gasteiger partial charge in [0.05, 0.1) is 0 Å². The molecule has 1 atom stereocenters. The summed E-state index contributed by atoms with van der Waals surface area (Å²) in [6, 6.07) is 14.5. The predicted molar refractivity (Wildman–Crippen MR) is 110 cm³/mol. The van der Waals surface area contributed by atoms with Crippen molar-refractivity contribution in [2.24, 2.45) is 0 Å². The highest BCUT2D eigenvalue weighted by Gasteiger charge is 2.16. The number of amides is 1. The van der Waals surface area contributed by atoms with E-state index in [9.17, 15) is 4.79 Å². The lowest BCUT2D eigenvalue weighted by molar-refractivity contribution is -0.127. The van der Waals surface area contributed by atoms with E-state index >= 15 is 0 Å². The fourth-order valence-corrected chi connectivity index (χ4v) is 3.49. The number of aryl methyl sites for hydroxylation is 2. The first-order valence-electron chi connectivity index (χ1n) is 9.88. The minimum atomic E-state index is -0.529. The molecule has 0 unspecified atom stereocenters. The molecule has 4 nitrogen and oxygen atoms in total. The molecule has 1 amide bonds. The first kappa shape index (κ1) is 19.3. The van der Waals surface area contributed by atoms with Gasteiger partial charge in [0.15, 0.2) is 6.10 Å². The molecule has 0 saturated carbocycles. The monoisotopic (exact) mass is 366 g/mol. The van der Waals surface area contributed by atoms with E-state index in [1.165, 1.54) is 30.5 Å². The van der Waals surface area contributed by atoms with Crippen molar-refractivity contribution in [2.75, 3.05) is 18.0 Å². The molecule has 2 aromatic carbocycles. The van der Waals surface area contributed by atoms with E-state index < -0.39 is 6.10 Å². The first-order chi connectivity index (χ1) is 13.0. The molecular formula is C23H30N2O2. The molecule has 0 aromatic heterocycles. The van der Waals surface area contributed by atoms with Crippen LogP contribution in [0.5, 0.6) is 5.75 Å². The van der Waals surface area contributed by atoms with Gasteiger partial charge < -0.3 is 15.0 Å². The summed E-state index contributed by atoms with van der Waals surface area (Å²) in [7, 11) is 0. The fourth-order valence-electron chi connectivity index (χ4n) is 3.49. The van der Waals surface area contributed by atoms with Crippen molar-refractivity contribution in [3.8, 4) is 5.75 Å². The molecule has 1 aliphatic heterocycles. The third-order valence-electron chi connectivity index (χ3n) is 5.13. The van der Waals surface area contributed by atoms with Crippen molar-refractivity contribution in [1.82, 2.24) is 5.32 Å². The molecule has 0 aliphatic carbocycles. The van der Waals surface area contributed by atoms with Crippen molar-refractivity contribution in [3.05, 3.63) is 59.2 Å². The zero-order valence-electron chi connectivity index (χ0n) is 16.6. The van der Waals surface area contributed by atoms with Crippen LogP contribution in [0.25, 0.3) is 0 Å². The molecule has 3 rings (SSSR count). The van der Waals surface area contributed by atoms with Crippen molar-refractivity contribution in [2.45, 2.75) is 52.7 Å². The Morgan fingerprint density at radius 1 is 1.07 bits per heavy atom. The molecule has 1 N–H and O–H groups in total. The van der Waals surface area contributed by atoms with Gasteiger partial charge in [-0.05, 0) is 69.4 Å². The fraction of sp³-hybridized carbons (Fsp3) is 0.435. The van der Waals surface area contributed by atoms with Gasteiger partial charge in [0.2, 0.25) is 0 Å². The number of anilines is 1. The van der Waals surface area contributed by atoms with Crippen LogP contribution in [-0.4, -0.2) is 25.1 Å². The van der Waals surface area contributed by atoms with Crippen molar-refractivity contribution >= 4 is 11.6 Å². The Labute approximate surface area is 162 Å². The van der Waals surface area contributed by atoms with Gasteiger partial charge in [0, 0.05) is 25.3 Å². The van der Waals surface area contributed by atoms with Gasteiger partial charge in [-0.15, -0.1) is 0 Å². The number of rotatable bonds is 6. The van der Waals surface area contributed by atoms with Gasteiger partial charge in [-0.3, -0.25) is 4.79 Å². The van der Waals surface area contributed by atoms with Crippen molar-refractivity contribution in [1.29, 1.82) is 0 Å². The molecule has 0 radical (unpaired) electrons. The number of nitrogens with zero attached hydrogens (tertiary/aromatic N) is 1. The third kappa shape index (κ3) is 5.25. The minimum absolute atomic E-state index is 0.102. The number of piperidine rings is 1. The summed E-state index contributed by atoms with van der Waals surface area (Å²) in [5.74, 6) is 0.657. The predicted octanol–water partition coefficient (Wildman–Crippen LogP) is 4.38. The van der Waals surface area contributed by atoms with E-state index in [4.69, 9.17) is 4.74 Å². The molecule has 2 aromatic rings. The molecule has 144 valence electrons. The van der Waals surface area contributed by atoms with E-state index in [-0.39, 0.29) is 5.91 Å². The van der Waals surface area contributed by atoms with Crippen molar-refractivity contribution < 1.29 is 9.53 Å². The third-order valence-corrected chi connectivity index (χ3v) is 5.13. The van der Waals surface area contributed by atoms with Crippen LogP contribution in [-0.2, 0) is 11.3 Å². The number of ether oxygens (including phenoxy) is 1. The molecule has 4 heteroatoms. The number of benzene rings is 2. The Kier molecular flexibility index (Phi) is 6.38. The van der Waals surface area contributed by atoms with Crippen molar-refractivity contribution in [3.63, 3.8) is 0 Å². The highest BCUT2D eigenvalue weighted by atomic mass is 16.5. The normalized spacial score (nSPS) is 15.3. The second kappa shape index (κ2) is 8.94. The summed E-state index contributed by atoms with van der Waals surface area (Å²) in [5.41, 5.74) is 4.60. The van der Waals surface area contributed by atoms with E-state index in [1.807, 2.05) is 26.0 Å². The SMILES string of the molecule is Cc1ccc(O[C@@H](C)C(=O)NCc2ccc(N3CCCCC3)cc2)c(C)c1. The lowest BCUT2D eigenvalue weighted by atomic mass is 10.1. The van der Waals surface area contributed by atoms with Crippen LogP contribution >= 0.6 is 0 Å². The van der Waals surface area contributed by atoms with Crippen LogP contribution in [0.4, 0.5) is 5.69 Å². The maximum absolute atomic E-state index is 12.4. The molecule has 1 heterocycles. The summed E-state index contributed by atoms with van der Waals surface area (Å²) >= 11 is 0. The standard InChI is InChI=1S/C23H30N2O2/c1-17-7-12-22(18(2)15-17)27-19(3)23(26)24-16-20-8-10-21(11-9-20)25-13-5-4-6-14-25/h7-12,15,19H,4-6,13-14,16H2,1-3H3,(H,24,26)/t19-/m0/s1. The quantitative estimate of drug-likeness (QED) is 0.825. The summed E-state index contributed by atoms with van der Waals surface area (Å²) in [4.78, 5) is 14.8. The molecule has 0 bridgehead atoms. The molecule has 0 spiro atoms. The first-order valence-corrected chi connectivity index (χ1v) is 9.88. The maximum Gasteiger partial charge on any atom is 0.261 e. The van der Waals surface area contributed by atoms with E-state index in [1.54, 1.807) is 6.92 Å². The zero-order chi connectivity index (χ0) is 19.2. The average Bonchev–Trinajstić information content (AvgIpc) is 2.69. The molecule has 1 fully saturated rings. The number of hydrogen-bond acceptors (Lipinski definition) is 3. The lowest BCUT2D eigenvalue weighted by Crippen LogP contribution is -2.36. The number of carbonyl (C=O) groups excluding carboxylic acids is 1. The molecular weight excluding hydrogens is 336 g/mol. The summed E-state index contributed by atoms with van der Waals surface area (Å²) in [5, 5.41) is 2.97. The van der Waals surface area contributed by atoms with Gasteiger partial charge in [-0.1, -0.05) is 29.8 Å². The summed E-state index contributed by atoms with van der Waals surface area (Å²) < 4.78 is 5.83.